The Labute approximate surface area is 172 Å². The lowest BCUT2D eigenvalue weighted by Gasteiger charge is -2.09. The van der Waals surface area contributed by atoms with E-state index >= 15 is 0 Å². The zero-order valence-electron chi connectivity index (χ0n) is 16.9. The standard InChI is InChI=1S/C25H25N3O/c1-3-4-17-29-21-15-13-19(14-16-21)24-22-7-5-6-8-23(22)26-25(28-27-24)20-11-9-18(2)10-12-20/h5-16H,3-4,17H2,1-2H3,(H,26,28). The van der Waals surface area contributed by atoms with E-state index in [4.69, 9.17) is 14.8 Å². The van der Waals surface area contributed by atoms with Crippen LogP contribution in [0, 0.1) is 6.92 Å². The van der Waals surface area contributed by atoms with E-state index in [0.29, 0.717) is 0 Å². The summed E-state index contributed by atoms with van der Waals surface area (Å²) >= 11 is 0. The molecule has 29 heavy (non-hydrogen) atoms. The number of benzene rings is 3. The Kier molecular flexibility index (Phi) is 5.71. The van der Waals surface area contributed by atoms with Crippen molar-refractivity contribution in [3.63, 3.8) is 0 Å². The fourth-order valence-corrected chi connectivity index (χ4v) is 3.19. The third-order valence-electron chi connectivity index (χ3n) is 4.88. The zero-order chi connectivity index (χ0) is 20.1. The molecule has 0 aromatic heterocycles. The molecule has 0 unspecified atom stereocenters. The summed E-state index contributed by atoms with van der Waals surface area (Å²) in [6.07, 6.45) is 2.19. The number of unbranched alkanes of at least 4 members (excludes halogenated alkanes) is 1. The van der Waals surface area contributed by atoms with E-state index in [0.717, 1.165) is 59.1 Å². The number of nitrogens with zero attached hydrogens (tertiary/aromatic N) is 2. The first-order valence-electron chi connectivity index (χ1n) is 10.1. The lowest BCUT2D eigenvalue weighted by molar-refractivity contribution is 0.309. The van der Waals surface area contributed by atoms with Gasteiger partial charge in [-0.15, -0.1) is 0 Å². The van der Waals surface area contributed by atoms with Crippen LogP contribution in [0.1, 0.15) is 42.0 Å². The van der Waals surface area contributed by atoms with Crippen molar-refractivity contribution >= 4 is 17.2 Å². The number of nitrogens with one attached hydrogen (secondary N) is 1. The van der Waals surface area contributed by atoms with Gasteiger partial charge < -0.3 is 4.74 Å². The average Bonchev–Trinajstić information content (AvgIpc) is 2.95. The molecule has 0 atom stereocenters. The largest absolute Gasteiger partial charge is 0.494 e. The number of rotatable bonds is 6. The van der Waals surface area contributed by atoms with E-state index in [9.17, 15) is 0 Å². The van der Waals surface area contributed by atoms with Crippen molar-refractivity contribution in [3.05, 3.63) is 95.1 Å². The lowest BCUT2D eigenvalue weighted by atomic mass is 10.0. The first-order chi connectivity index (χ1) is 14.2. The number of hydrogen-bond acceptors (Lipinski definition) is 4. The molecule has 0 radical (unpaired) electrons. The van der Waals surface area contributed by atoms with Gasteiger partial charge in [-0.05, 0) is 43.7 Å². The quantitative estimate of drug-likeness (QED) is 0.563. The number of aliphatic imine (C=N–C) groups is 1. The van der Waals surface area contributed by atoms with Gasteiger partial charge in [0.25, 0.3) is 0 Å². The predicted octanol–water partition coefficient (Wildman–Crippen LogP) is 5.61. The maximum absolute atomic E-state index is 5.79. The first kappa shape index (κ1) is 18.9. The summed E-state index contributed by atoms with van der Waals surface area (Å²) in [5, 5.41) is 4.72. The molecule has 0 bridgehead atoms. The smallest absolute Gasteiger partial charge is 0.154 e. The summed E-state index contributed by atoms with van der Waals surface area (Å²) in [5.74, 6) is 1.63. The molecule has 0 amide bonds. The maximum Gasteiger partial charge on any atom is 0.154 e. The number of fused-ring (bicyclic) bond motifs is 1. The zero-order valence-corrected chi connectivity index (χ0v) is 16.9. The molecular weight excluding hydrogens is 358 g/mol. The lowest BCUT2D eigenvalue weighted by Crippen LogP contribution is -2.19. The fourth-order valence-electron chi connectivity index (χ4n) is 3.19. The highest BCUT2D eigenvalue weighted by molar-refractivity contribution is 6.18. The summed E-state index contributed by atoms with van der Waals surface area (Å²) in [6.45, 7) is 4.98. The minimum atomic E-state index is 0.743. The van der Waals surface area contributed by atoms with Gasteiger partial charge in [0, 0.05) is 16.7 Å². The van der Waals surface area contributed by atoms with Gasteiger partial charge in [0.05, 0.1) is 18.0 Å². The van der Waals surface area contributed by atoms with E-state index in [2.05, 4.69) is 61.7 Å². The molecule has 0 saturated carbocycles. The second kappa shape index (κ2) is 8.74. The van der Waals surface area contributed by atoms with Gasteiger partial charge in [0.2, 0.25) is 0 Å². The molecule has 146 valence electrons. The molecule has 1 aliphatic rings. The van der Waals surface area contributed by atoms with Crippen molar-refractivity contribution < 1.29 is 4.74 Å². The van der Waals surface area contributed by atoms with Crippen molar-refractivity contribution in [2.45, 2.75) is 26.7 Å². The second-order valence-electron chi connectivity index (χ2n) is 7.14. The van der Waals surface area contributed by atoms with Crippen LogP contribution in [0.4, 0.5) is 5.69 Å². The van der Waals surface area contributed by atoms with Crippen LogP contribution in [-0.4, -0.2) is 18.2 Å². The Hall–Kier alpha value is -3.40. The number of ether oxygens (including phenoxy) is 1. The monoisotopic (exact) mass is 383 g/mol. The van der Waals surface area contributed by atoms with Gasteiger partial charge in [-0.3, -0.25) is 5.43 Å². The summed E-state index contributed by atoms with van der Waals surface area (Å²) in [6, 6.07) is 24.5. The average molecular weight is 383 g/mol. The normalized spacial score (nSPS) is 12.9. The van der Waals surface area contributed by atoms with Gasteiger partial charge in [0.15, 0.2) is 5.84 Å². The van der Waals surface area contributed by atoms with Crippen LogP contribution in [0.2, 0.25) is 0 Å². The fraction of sp³-hybridized carbons (Fsp3) is 0.200. The van der Waals surface area contributed by atoms with E-state index in [-0.39, 0.29) is 0 Å². The third kappa shape index (κ3) is 4.37. The molecule has 0 spiro atoms. The molecule has 0 saturated heterocycles. The topological polar surface area (TPSA) is 46.0 Å². The second-order valence-corrected chi connectivity index (χ2v) is 7.14. The van der Waals surface area contributed by atoms with Crippen molar-refractivity contribution in [1.29, 1.82) is 0 Å². The van der Waals surface area contributed by atoms with Crippen molar-refractivity contribution in [2.24, 2.45) is 10.1 Å². The summed E-state index contributed by atoms with van der Waals surface area (Å²) in [5.41, 5.74) is 9.19. The van der Waals surface area contributed by atoms with Crippen LogP contribution in [0.5, 0.6) is 5.75 Å². The predicted molar refractivity (Wildman–Crippen MR) is 119 cm³/mol. The molecule has 1 N–H and O–H groups in total. The summed E-state index contributed by atoms with van der Waals surface area (Å²) < 4.78 is 5.79. The molecule has 1 aliphatic heterocycles. The van der Waals surface area contributed by atoms with E-state index < -0.39 is 0 Å². The third-order valence-corrected chi connectivity index (χ3v) is 4.88. The van der Waals surface area contributed by atoms with Crippen LogP contribution < -0.4 is 10.2 Å². The van der Waals surface area contributed by atoms with Gasteiger partial charge in [-0.25, -0.2) is 4.99 Å². The highest BCUT2D eigenvalue weighted by Crippen LogP contribution is 2.26. The SMILES string of the molecule is CCCCOc1ccc(C2=NNC(c3ccc(C)cc3)=Nc3ccccc32)cc1. The Bertz CT molecular complexity index is 1030. The number of hydrogen-bond donors (Lipinski definition) is 1. The molecule has 4 nitrogen and oxygen atoms in total. The Morgan fingerprint density at radius 2 is 1.59 bits per heavy atom. The molecule has 4 rings (SSSR count). The first-order valence-corrected chi connectivity index (χ1v) is 10.1. The molecule has 3 aromatic carbocycles. The summed E-state index contributed by atoms with van der Waals surface area (Å²) in [4.78, 5) is 4.85. The number of aryl methyl sites for hydroxylation is 1. The van der Waals surface area contributed by atoms with Crippen LogP contribution in [-0.2, 0) is 0 Å². The molecule has 1 heterocycles. The van der Waals surface area contributed by atoms with Crippen molar-refractivity contribution in [2.75, 3.05) is 6.61 Å². The van der Waals surface area contributed by atoms with E-state index in [1.165, 1.54) is 5.56 Å². The van der Waals surface area contributed by atoms with Gasteiger partial charge >= 0.3 is 0 Å². The maximum atomic E-state index is 5.79. The number of hydrazone groups is 1. The van der Waals surface area contributed by atoms with Crippen molar-refractivity contribution in [3.8, 4) is 5.75 Å². The van der Waals surface area contributed by atoms with Gasteiger partial charge in [-0.2, -0.15) is 5.10 Å². The molecule has 0 fully saturated rings. The van der Waals surface area contributed by atoms with Gasteiger partial charge in [-0.1, -0.05) is 61.4 Å². The minimum absolute atomic E-state index is 0.743. The Morgan fingerprint density at radius 3 is 2.34 bits per heavy atom. The number of amidine groups is 1. The van der Waals surface area contributed by atoms with Crippen LogP contribution in [0.3, 0.4) is 0 Å². The Morgan fingerprint density at radius 1 is 0.862 bits per heavy atom. The highest BCUT2D eigenvalue weighted by Gasteiger charge is 2.16. The van der Waals surface area contributed by atoms with Gasteiger partial charge in [0.1, 0.15) is 5.75 Å². The van der Waals surface area contributed by atoms with Crippen LogP contribution in [0.25, 0.3) is 0 Å². The van der Waals surface area contributed by atoms with Crippen LogP contribution >= 0.6 is 0 Å². The van der Waals surface area contributed by atoms with E-state index in [1.807, 2.05) is 30.3 Å². The summed E-state index contributed by atoms with van der Waals surface area (Å²) in [7, 11) is 0. The van der Waals surface area contributed by atoms with E-state index in [1.54, 1.807) is 0 Å². The molecule has 4 heteroatoms. The number of para-hydroxylation sites is 1. The molecule has 0 aliphatic carbocycles. The van der Waals surface area contributed by atoms with Crippen molar-refractivity contribution in [1.82, 2.24) is 5.43 Å². The Balaban J connectivity index is 1.66. The molecule has 3 aromatic rings. The highest BCUT2D eigenvalue weighted by atomic mass is 16.5. The van der Waals surface area contributed by atoms with Crippen LogP contribution in [0.15, 0.2) is 82.9 Å². The molecular formula is C25H25N3O. The minimum Gasteiger partial charge on any atom is -0.494 e.